The summed E-state index contributed by atoms with van der Waals surface area (Å²) < 4.78 is 0. The second-order valence-corrected chi connectivity index (χ2v) is 5.75. The van der Waals surface area contributed by atoms with Crippen molar-refractivity contribution < 1.29 is 14.7 Å². The van der Waals surface area contributed by atoms with Gasteiger partial charge in [-0.3, -0.25) is 9.59 Å². The lowest BCUT2D eigenvalue weighted by Gasteiger charge is -2.32. The molecule has 0 aliphatic heterocycles. The highest BCUT2D eigenvalue weighted by Crippen LogP contribution is 2.29. The lowest BCUT2D eigenvalue weighted by molar-refractivity contribution is -0.139. The van der Waals surface area contributed by atoms with E-state index in [4.69, 9.17) is 10.8 Å². The average Bonchev–Trinajstić information content (AvgIpc) is 2.98. The van der Waals surface area contributed by atoms with Crippen molar-refractivity contribution in [1.29, 1.82) is 0 Å². The van der Waals surface area contributed by atoms with Crippen molar-refractivity contribution in [3.05, 3.63) is 0 Å². The molecule has 1 fully saturated rings. The van der Waals surface area contributed by atoms with Crippen LogP contribution in [0.5, 0.6) is 0 Å². The molecule has 17 heavy (non-hydrogen) atoms. The summed E-state index contributed by atoms with van der Waals surface area (Å²) in [5.74, 6) is -1.01. The Morgan fingerprint density at radius 2 is 1.94 bits per heavy atom. The van der Waals surface area contributed by atoms with Gasteiger partial charge in [-0.2, -0.15) is 0 Å². The van der Waals surface area contributed by atoms with E-state index in [1.165, 1.54) is 0 Å². The van der Waals surface area contributed by atoms with Crippen molar-refractivity contribution in [1.82, 2.24) is 4.90 Å². The first-order valence-electron chi connectivity index (χ1n) is 6.01. The van der Waals surface area contributed by atoms with Gasteiger partial charge in [-0.05, 0) is 18.3 Å². The highest BCUT2D eigenvalue weighted by Gasteiger charge is 2.38. The van der Waals surface area contributed by atoms with Crippen LogP contribution in [-0.4, -0.2) is 40.5 Å². The molecule has 3 N–H and O–H groups in total. The van der Waals surface area contributed by atoms with Crippen LogP contribution in [0.3, 0.4) is 0 Å². The summed E-state index contributed by atoms with van der Waals surface area (Å²) in [6.07, 6.45) is 1.91. The smallest absolute Gasteiger partial charge is 0.305 e. The summed E-state index contributed by atoms with van der Waals surface area (Å²) in [5.41, 5.74) is 5.63. The number of rotatable bonds is 5. The first kappa shape index (κ1) is 14.0. The molecule has 1 atom stereocenters. The predicted octanol–water partition coefficient (Wildman–Crippen LogP) is 0.826. The lowest BCUT2D eigenvalue weighted by atomic mass is 9.86. The summed E-state index contributed by atoms with van der Waals surface area (Å²) in [6.45, 7) is 6.01. The van der Waals surface area contributed by atoms with E-state index in [9.17, 15) is 9.59 Å². The molecule has 1 amide bonds. The van der Waals surface area contributed by atoms with E-state index >= 15 is 0 Å². The van der Waals surface area contributed by atoms with Crippen LogP contribution in [0.4, 0.5) is 0 Å². The summed E-state index contributed by atoms with van der Waals surface area (Å²) in [7, 11) is 0. The highest BCUT2D eigenvalue weighted by molar-refractivity contribution is 5.83. The van der Waals surface area contributed by atoms with Gasteiger partial charge in [-0.1, -0.05) is 20.8 Å². The monoisotopic (exact) mass is 242 g/mol. The summed E-state index contributed by atoms with van der Waals surface area (Å²) in [5, 5.41) is 8.68. The molecule has 0 bridgehead atoms. The summed E-state index contributed by atoms with van der Waals surface area (Å²) in [6, 6.07) is -0.368. The van der Waals surface area contributed by atoms with E-state index in [0.29, 0.717) is 0 Å². The molecular formula is C12H22N2O3. The Morgan fingerprint density at radius 1 is 1.41 bits per heavy atom. The van der Waals surface area contributed by atoms with Crippen molar-refractivity contribution >= 4 is 11.9 Å². The van der Waals surface area contributed by atoms with Crippen molar-refractivity contribution in [3.63, 3.8) is 0 Å². The van der Waals surface area contributed by atoms with E-state index in [-0.39, 0.29) is 30.3 Å². The highest BCUT2D eigenvalue weighted by atomic mass is 16.4. The number of carboxylic acid groups (broad SMARTS) is 1. The maximum absolute atomic E-state index is 12.2. The topological polar surface area (TPSA) is 83.6 Å². The third kappa shape index (κ3) is 4.00. The molecule has 0 spiro atoms. The number of hydrogen-bond donors (Lipinski definition) is 2. The maximum Gasteiger partial charge on any atom is 0.305 e. The number of nitrogens with two attached hydrogens (primary N) is 1. The van der Waals surface area contributed by atoms with E-state index in [2.05, 4.69) is 0 Å². The molecule has 98 valence electrons. The third-order valence-corrected chi connectivity index (χ3v) is 3.04. The molecule has 0 aromatic heterocycles. The Bertz CT molecular complexity index is 305. The van der Waals surface area contributed by atoms with Crippen molar-refractivity contribution in [2.75, 3.05) is 6.54 Å². The molecule has 1 saturated carbocycles. The zero-order valence-electron chi connectivity index (χ0n) is 10.8. The van der Waals surface area contributed by atoms with E-state index < -0.39 is 12.0 Å². The van der Waals surface area contributed by atoms with E-state index in [1.807, 2.05) is 20.8 Å². The quantitative estimate of drug-likeness (QED) is 0.747. The second-order valence-electron chi connectivity index (χ2n) is 5.75. The molecule has 1 aliphatic rings. The third-order valence-electron chi connectivity index (χ3n) is 3.04. The fraction of sp³-hybridized carbons (Fsp3) is 0.833. The SMILES string of the molecule is CC(C)(C)[C@@H](N)C(=O)N(CCC(=O)O)C1CC1. The average molecular weight is 242 g/mol. The number of hydrogen-bond acceptors (Lipinski definition) is 3. The molecule has 0 heterocycles. The first-order chi connectivity index (χ1) is 7.73. The minimum absolute atomic E-state index is 0.0148. The number of amides is 1. The van der Waals surface area contributed by atoms with Crippen LogP contribution in [0.15, 0.2) is 0 Å². The Kier molecular flexibility index (Phi) is 4.14. The Balaban J connectivity index is 2.64. The summed E-state index contributed by atoms with van der Waals surface area (Å²) >= 11 is 0. The van der Waals surface area contributed by atoms with Gasteiger partial charge in [0.2, 0.25) is 5.91 Å². The predicted molar refractivity (Wildman–Crippen MR) is 64.4 cm³/mol. The van der Waals surface area contributed by atoms with Gasteiger partial charge >= 0.3 is 5.97 Å². The van der Waals surface area contributed by atoms with Crippen LogP contribution >= 0.6 is 0 Å². The normalized spacial score (nSPS) is 17.6. The van der Waals surface area contributed by atoms with Crippen LogP contribution < -0.4 is 5.73 Å². The van der Waals surface area contributed by atoms with Crippen LogP contribution in [-0.2, 0) is 9.59 Å². The molecule has 0 unspecified atom stereocenters. The lowest BCUT2D eigenvalue weighted by Crippen LogP contribution is -2.51. The van der Waals surface area contributed by atoms with Crippen LogP contribution in [0, 0.1) is 5.41 Å². The first-order valence-corrected chi connectivity index (χ1v) is 6.01. The van der Waals surface area contributed by atoms with Gasteiger partial charge in [-0.25, -0.2) is 0 Å². The minimum atomic E-state index is -0.882. The van der Waals surface area contributed by atoms with Crippen LogP contribution in [0.1, 0.15) is 40.0 Å². The van der Waals surface area contributed by atoms with Gasteiger partial charge in [0.05, 0.1) is 12.5 Å². The Labute approximate surface area is 102 Å². The fourth-order valence-corrected chi connectivity index (χ4v) is 1.62. The Morgan fingerprint density at radius 3 is 2.29 bits per heavy atom. The number of carbonyl (C=O) groups excluding carboxylic acids is 1. The molecule has 1 aliphatic carbocycles. The van der Waals surface area contributed by atoms with Gasteiger partial charge < -0.3 is 15.7 Å². The zero-order chi connectivity index (χ0) is 13.2. The van der Waals surface area contributed by atoms with E-state index in [1.54, 1.807) is 4.90 Å². The molecule has 5 heteroatoms. The molecule has 1 rings (SSSR count). The number of carboxylic acids is 1. The van der Waals surface area contributed by atoms with Crippen LogP contribution in [0.2, 0.25) is 0 Å². The molecule has 0 aromatic rings. The fourth-order valence-electron chi connectivity index (χ4n) is 1.62. The minimum Gasteiger partial charge on any atom is -0.481 e. The summed E-state index contributed by atoms with van der Waals surface area (Å²) in [4.78, 5) is 24.4. The number of nitrogens with zero attached hydrogens (tertiary/aromatic N) is 1. The van der Waals surface area contributed by atoms with Crippen molar-refractivity contribution in [2.45, 2.75) is 52.1 Å². The van der Waals surface area contributed by atoms with Gasteiger partial charge in [0, 0.05) is 12.6 Å². The molecule has 0 saturated heterocycles. The molecular weight excluding hydrogens is 220 g/mol. The molecule has 0 aromatic carbocycles. The van der Waals surface area contributed by atoms with Crippen LogP contribution in [0.25, 0.3) is 0 Å². The number of carbonyl (C=O) groups is 2. The standard InChI is InChI=1S/C12H22N2O3/c1-12(2,3)10(13)11(17)14(8-4-5-8)7-6-9(15)16/h8,10H,4-7,13H2,1-3H3,(H,15,16)/t10-/m0/s1. The van der Waals surface area contributed by atoms with E-state index in [0.717, 1.165) is 12.8 Å². The molecule has 5 nitrogen and oxygen atoms in total. The zero-order valence-corrected chi connectivity index (χ0v) is 10.8. The second kappa shape index (κ2) is 5.04. The Hall–Kier alpha value is -1.10. The van der Waals surface area contributed by atoms with Crippen molar-refractivity contribution in [3.8, 4) is 0 Å². The maximum atomic E-state index is 12.2. The van der Waals surface area contributed by atoms with Gasteiger partial charge in [-0.15, -0.1) is 0 Å². The van der Waals surface area contributed by atoms with Gasteiger partial charge in [0.15, 0.2) is 0 Å². The largest absolute Gasteiger partial charge is 0.481 e. The molecule has 0 radical (unpaired) electrons. The van der Waals surface area contributed by atoms with Crippen molar-refractivity contribution in [2.24, 2.45) is 11.1 Å². The van der Waals surface area contributed by atoms with Gasteiger partial charge in [0.1, 0.15) is 0 Å². The van der Waals surface area contributed by atoms with Gasteiger partial charge in [0.25, 0.3) is 0 Å². The number of aliphatic carboxylic acids is 1.